The van der Waals surface area contributed by atoms with E-state index in [0.717, 1.165) is 42.7 Å². The highest BCUT2D eigenvalue weighted by atomic mass is 35.5. The van der Waals surface area contributed by atoms with Crippen molar-refractivity contribution in [2.24, 2.45) is 0 Å². The predicted octanol–water partition coefficient (Wildman–Crippen LogP) is 2.87. The lowest BCUT2D eigenvalue weighted by Crippen LogP contribution is -2.19. The number of benzene rings is 1. The highest BCUT2D eigenvalue weighted by molar-refractivity contribution is 6.28. The van der Waals surface area contributed by atoms with Gasteiger partial charge >= 0.3 is 0 Å². The molecule has 1 atom stereocenters. The number of fused-ring (bicyclic) bond motifs is 1. The number of rotatable bonds is 3. The zero-order chi connectivity index (χ0) is 12.4. The van der Waals surface area contributed by atoms with E-state index in [2.05, 4.69) is 15.3 Å². The summed E-state index contributed by atoms with van der Waals surface area (Å²) in [4.78, 5) is 8.45. The predicted molar refractivity (Wildman–Crippen MR) is 72.0 cm³/mol. The molecule has 2 heterocycles. The first-order chi connectivity index (χ1) is 8.83. The van der Waals surface area contributed by atoms with Crippen molar-refractivity contribution in [2.75, 3.05) is 18.5 Å². The quantitative estimate of drug-likeness (QED) is 0.865. The van der Waals surface area contributed by atoms with E-state index in [1.54, 1.807) is 0 Å². The topological polar surface area (TPSA) is 47.0 Å². The third kappa shape index (κ3) is 2.40. The third-order valence-electron chi connectivity index (χ3n) is 3.10. The van der Waals surface area contributed by atoms with Gasteiger partial charge in [-0.25, -0.2) is 9.97 Å². The Hall–Kier alpha value is -1.39. The number of nitrogens with zero attached hydrogens (tertiary/aromatic N) is 2. The van der Waals surface area contributed by atoms with Gasteiger partial charge in [0, 0.05) is 18.5 Å². The van der Waals surface area contributed by atoms with Gasteiger partial charge in [0.25, 0.3) is 0 Å². The Bertz CT molecular complexity index is 555. The smallest absolute Gasteiger partial charge is 0.224 e. The molecule has 2 aromatic rings. The maximum atomic E-state index is 5.93. The standard InChI is InChI=1S/C13H14ClN3O/c14-13-16-11-6-2-1-5-10(11)12(17-13)15-8-9-4-3-7-18-9/h1-2,5-6,9H,3-4,7-8H2,(H,15,16,17)/t9-/m1/s1. The molecule has 1 aliphatic rings. The molecule has 1 aliphatic heterocycles. The molecule has 0 radical (unpaired) electrons. The Morgan fingerprint density at radius 1 is 1.33 bits per heavy atom. The average Bonchev–Trinajstić information content (AvgIpc) is 2.89. The molecule has 1 fully saturated rings. The summed E-state index contributed by atoms with van der Waals surface area (Å²) in [5, 5.41) is 4.56. The van der Waals surface area contributed by atoms with Crippen LogP contribution < -0.4 is 5.32 Å². The van der Waals surface area contributed by atoms with Gasteiger partial charge in [-0.15, -0.1) is 0 Å². The second-order valence-corrected chi connectivity index (χ2v) is 4.71. The molecular weight excluding hydrogens is 250 g/mol. The summed E-state index contributed by atoms with van der Waals surface area (Å²) in [5.41, 5.74) is 0.854. The van der Waals surface area contributed by atoms with Gasteiger partial charge in [0.1, 0.15) is 5.82 Å². The number of para-hydroxylation sites is 1. The maximum absolute atomic E-state index is 5.93. The van der Waals surface area contributed by atoms with Crippen LogP contribution in [0.25, 0.3) is 10.9 Å². The van der Waals surface area contributed by atoms with Crippen LogP contribution in [0.5, 0.6) is 0 Å². The van der Waals surface area contributed by atoms with E-state index >= 15 is 0 Å². The highest BCUT2D eigenvalue weighted by Gasteiger charge is 2.16. The highest BCUT2D eigenvalue weighted by Crippen LogP contribution is 2.22. The number of anilines is 1. The fourth-order valence-corrected chi connectivity index (χ4v) is 2.37. The first-order valence-electron chi connectivity index (χ1n) is 6.11. The van der Waals surface area contributed by atoms with Crippen LogP contribution in [-0.2, 0) is 4.74 Å². The molecular formula is C13H14ClN3O. The fourth-order valence-electron chi connectivity index (χ4n) is 2.20. The molecule has 0 aliphatic carbocycles. The molecule has 0 bridgehead atoms. The second kappa shape index (κ2) is 5.08. The van der Waals surface area contributed by atoms with Crippen LogP contribution in [0.2, 0.25) is 5.28 Å². The first-order valence-corrected chi connectivity index (χ1v) is 6.48. The zero-order valence-corrected chi connectivity index (χ0v) is 10.7. The summed E-state index contributed by atoms with van der Waals surface area (Å²) in [5.74, 6) is 0.779. The number of aromatic nitrogens is 2. The lowest BCUT2D eigenvalue weighted by Gasteiger charge is -2.12. The van der Waals surface area contributed by atoms with Gasteiger partial charge in [-0.05, 0) is 36.6 Å². The van der Waals surface area contributed by atoms with Crippen molar-refractivity contribution in [3.63, 3.8) is 0 Å². The Kier molecular flexibility index (Phi) is 3.30. The summed E-state index contributed by atoms with van der Waals surface area (Å²) in [6.45, 7) is 1.62. The molecule has 18 heavy (non-hydrogen) atoms. The Morgan fingerprint density at radius 3 is 3.06 bits per heavy atom. The van der Waals surface area contributed by atoms with Crippen molar-refractivity contribution in [2.45, 2.75) is 18.9 Å². The Balaban J connectivity index is 1.85. The molecule has 0 unspecified atom stereocenters. The van der Waals surface area contributed by atoms with Crippen molar-refractivity contribution in [1.29, 1.82) is 0 Å². The normalized spacial score (nSPS) is 19.3. The minimum absolute atomic E-state index is 0.267. The summed E-state index contributed by atoms with van der Waals surface area (Å²) in [6.07, 6.45) is 2.51. The number of halogens is 1. The Labute approximate surface area is 110 Å². The van der Waals surface area contributed by atoms with Crippen LogP contribution in [0.15, 0.2) is 24.3 Å². The van der Waals surface area contributed by atoms with Crippen molar-refractivity contribution in [3.8, 4) is 0 Å². The SMILES string of the molecule is Clc1nc(NC[C@H]2CCCO2)c2ccccc2n1. The zero-order valence-electron chi connectivity index (χ0n) is 9.90. The van der Waals surface area contributed by atoms with E-state index < -0.39 is 0 Å². The lowest BCUT2D eigenvalue weighted by molar-refractivity contribution is 0.120. The van der Waals surface area contributed by atoms with Gasteiger partial charge in [0.05, 0.1) is 11.6 Å². The molecule has 1 N–H and O–H groups in total. The van der Waals surface area contributed by atoms with Gasteiger partial charge < -0.3 is 10.1 Å². The van der Waals surface area contributed by atoms with Crippen molar-refractivity contribution in [3.05, 3.63) is 29.5 Å². The first kappa shape index (κ1) is 11.7. The van der Waals surface area contributed by atoms with Gasteiger partial charge in [-0.2, -0.15) is 0 Å². The largest absolute Gasteiger partial charge is 0.376 e. The van der Waals surface area contributed by atoms with Crippen molar-refractivity contribution in [1.82, 2.24) is 9.97 Å². The summed E-state index contributed by atoms with van der Waals surface area (Å²) in [7, 11) is 0. The van der Waals surface area contributed by atoms with Crippen LogP contribution in [-0.4, -0.2) is 29.2 Å². The van der Waals surface area contributed by atoms with E-state index in [1.807, 2.05) is 24.3 Å². The van der Waals surface area contributed by atoms with Crippen LogP contribution >= 0.6 is 11.6 Å². The minimum atomic E-state index is 0.267. The van der Waals surface area contributed by atoms with Crippen LogP contribution in [0.3, 0.4) is 0 Å². The van der Waals surface area contributed by atoms with Gasteiger partial charge in [0.2, 0.25) is 5.28 Å². The average molecular weight is 264 g/mol. The van der Waals surface area contributed by atoms with Crippen molar-refractivity contribution >= 4 is 28.3 Å². The minimum Gasteiger partial charge on any atom is -0.376 e. The monoisotopic (exact) mass is 263 g/mol. The number of nitrogens with one attached hydrogen (secondary N) is 1. The molecule has 4 nitrogen and oxygen atoms in total. The van der Waals surface area contributed by atoms with Gasteiger partial charge in [-0.3, -0.25) is 0 Å². The van der Waals surface area contributed by atoms with Crippen LogP contribution in [0, 0.1) is 0 Å². The molecule has 3 rings (SSSR count). The summed E-state index contributed by atoms with van der Waals surface area (Å²) < 4.78 is 5.58. The molecule has 5 heteroatoms. The van der Waals surface area contributed by atoms with Gasteiger partial charge in [-0.1, -0.05) is 12.1 Å². The summed E-state index contributed by atoms with van der Waals surface area (Å²) >= 11 is 5.93. The molecule has 0 spiro atoms. The molecule has 1 aromatic heterocycles. The maximum Gasteiger partial charge on any atom is 0.224 e. The fraction of sp³-hybridized carbons (Fsp3) is 0.385. The molecule has 1 saturated heterocycles. The molecule has 0 amide bonds. The summed E-state index contributed by atoms with van der Waals surface area (Å²) in [6, 6.07) is 7.83. The number of hydrogen-bond donors (Lipinski definition) is 1. The van der Waals surface area contributed by atoms with Crippen LogP contribution in [0.1, 0.15) is 12.8 Å². The van der Waals surface area contributed by atoms with Crippen molar-refractivity contribution < 1.29 is 4.74 Å². The van der Waals surface area contributed by atoms with E-state index in [9.17, 15) is 0 Å². The second-order valence-electron chi connectivity index (χ2n) is 4.37. The number of ether oxygens (including phenoxy) is 1. The molecule has 1 aromatic carbocycles. The Morgan fingerprint density at radius 2 is 2.22 bits per heavy atom. The van der Waals surface area contributed by atoms with E-state index in [0.29, 0.717) is 0 Å². The van der Waals surface area contributed by atoms with Gasteiger partial charge in [0.15, 0.2) is 0 Å². The van der Waals surface area contributed by atoms with E-state index in [4.69, 9.17) is 16.3 Å². The number of hydrogen-bond acceptors (Lipinski definition) is 4. The lowest BCUT2D eigenvalue weighted by atomic mass is 10.2. The molecule has 94 valence electrons. The third-order valence-corrected chi connectivity index (χ3v) is 3.27. The van der Waals surface area contributed by atoms with Crippen LogP contribution in [0.4, 0.5) is 5.82 Å². The van der Waals surface area contributed by atoms with E-state index in [-0.39, 0.29) is 11.4 Å². The molecule has 0 saturated carbocycles. The van der Waals surface area contributed by atoms with E-state index in [1.165, 1.54) is 0 Å².